The zero-order valence-corrected chi connectivity index (χ0v) is 22.3. The monoisotopic (exact) mass is 560 g/mol. The maximum Gasteiger partial charge on any atom is 0.289 e. The topological polar surface area (TPSA) is 170 Å². The van der Waals surface area contributed by atoms with Crippen LogP contribution in [-0.2, 0) is 21.4 Å². The Hall–Kier alpha value is -4.27. The predicted octanol–water partition coefficient (Wildman–Crippen LogP) is 1.98. The molecule has 0 bridgehead atoms. The molecule has 1 heterocycles. The van der Waals surface area contributed by atoms with Crippen molar-refractivity contribution in [3.8, 4) is 28.5 Å². The van der Waals surface area contributed by atoms with Gasteiger partial charge < -0.3 is 24.2 Å². The van der Waals surface area contributed by atoms with Crippen molar-refractivity contribution in [3.05, 3.63) is 70.4 Å². The molecule has 0 spiro atoms. The Labute approximate surface area is 225 Å². The number of aliphatic hydroxyl groups is 1. The lowest BCUT2D eigenvalue weighted by molar-refractivity contribution is -0.387. The SMILES string of the molecule is COc1cc(-c2cc(CN(CCO)C(=O)CNS(=O)(=O)c3ccccc3[N+](=O)[O-])ccn2)cc(OC)c1OC. The minimum absolute atomic E-state index is 0.0343. The third kappa shape index (κ3) is 6.98. The van der Waals surface area contributed by atoms with E-state index in [1.807, 2.05) is 0 Å². The minimum Gasteiger partial charge on any atom is -0.493 e. The molecule has 0 saturated heterocycles. The molecule has 2 aromatic carbocycles. The van der Waals surface area contributed by atoms with Gasteiger partial charge in [-0.25, -0.2) is 13.1 Å². The normalized spacial score (nSPS) is 11.1. The van der Waals surface area contributed by atoms with E-state index < -0.39 is 38.0 Å². The molecular formula is C25H28N4O9S. The number of para-hydroxylation sites is 1. The summed E-state index contributed by atoms with van der Waals surface area (Å²) in [4.78, 5) is 28.4. The average molecular weight is 561 g/mol. The lowest BCUT2D eigenvalue weighted by Crippen LogP contribution is -2.41. The zero-order chi connectivity index (χ0) is 28.6. The number of hydrogen-bond donors (Lipinski definition) is 2. The van der Waals surface area contributed by atoms with Crippen molar-refractivity contribution in [3.63, 3.8) is 0 Å². The number of nitro benzene ring substituents is 1. The molecule has 39 heavy (non-hydrogen) atoms. The van der Waals surface area contributed by atoms with Gasteiger partial charge >= 0.3 is 0 Å². The number of carbonyl (C=O) groups excluding carboxylic acids is 1. The van der Waals surface area contributed by atoms with E-state index in [0.717, 1.165) is 12.1 Å². The Kier molecular flexibility index (Phi) is 9.76. The van der Waals surface area contributed by atoms with Gasteiger partial charge in [0.15, 0.2) is 16.4 Å². The molecular weight excluding hydrogens is 532 g/mol. The number of carbonyl (C=O) groups is 1. The number of nitrogens with one attached hydrogen (secondary N) is 1. The van der Waals surface area contributed by atoms with E-state index in [9.17, 15) is 28.4 Å². The number of pyridine rings is 1. The fourth-order valence-electron chi connectivity index (χ4n) is 3.77. The second-order valence-electron chi connectivity index (χ2n) is 8.05. The molecule has 208 valence electrons. The first kappa shape index (κ1) is 29.3. The summed E-state index contributed by atoms with van der Waals surface area (Å²) >= 11 is 0. The summed E-state index contributed by atoms with van der Waals surface area (Å²) < 4.78 is 43.6. The van der Waals surface area contributed by atoms with E-state index in [2.05, 4.69) is 9.71 Å². The molecule has 0 aliphatic heterocycles. The van der Waals surface area contributed by atoms with Crippen LogP contribution in [0.4, 0.5) is 5.69 Å². The molecule has 1 amide bonds. The Morgan fingerprint density at radius 3 is 2.33 bits per heavy atom. The number of methoxy groups -OCH3 is 3. The minimum atomic E-state index is -4.36. The second-order valence-corrected chi connectivity index (χ2v) is 9.79. The molecule has 14 heteroatoms. The second kappa shape index (κ2) is 13.0. The van der Waals surface area contributed by atoms with Crippen molar-refractivity contribution in [1.82, 2.24) is 14.6 Å². The third-order valence-corrected chi connectivity index (χ3v) is 7.09. The summed E-state index contributed by atoms with van der Waals surface area (Å²) in [6, 6.07) is 11.7. The van der Waals surface area contributed by atoms with Crippen LogP contribution in [0.15, 0.2) is 59.6 Å². The van der Waals surface area contributed by atoms with E-state index in [1.54, 1.807) is 30.5 Å². The van der Waals surface area contributed by atoms with Crippen LogP contribution in [0.5, 0.6) is 17.2 Å². The highest BCUT2D eigenvalue weighted by Gasteiger charge is 2.26. The number of rotatable bonds is 13. The van der Waals surface area contributed by atoms with Crippen molar-refractivity contribution in [2.24, 2.45) is 0 Å². The number of ether oxygens (including phenoxy) is 3. The van der Waals surface area contributed by atoms with E-state index in [-0.39, 0.29) is 19.7 Å². The number of hydrogen-bond acceptors (Lipinski definition) is 10. The molecule has 0 aliphatic rings. The Morgan fingerprint density at radius 2 is 1.74 bits per heavy atom. The van der Waals surface area contributed by atoms with Gasteiger partial charge in [0, 0.05) is 30.9 Å². The summed E-state index contributed by atoms with van der Waals surface area (Å²) in [7, 11) is 0.120. The quantitative estimate of drug-likeness (QED) is 0.233. The number of nitrogens with zero attached hydrogens (tertiary/aromatic N) is 3. The van der Waals surface area contributed by atoms with Crippen LogP contribution < -0.4 is 18.9 Å². The number of aromatic nitrogens is 1. The summed E-state index contributed by atoms with van der Waals surface area (Å²) in [5, 5.41) is 20.7. The maximum atomic E-state index is 12.9. The van der Waals surface area contributed by atoms with Gasteiger partial charge in [0.05, 0.1) is 45.1 Å². The van der Waals surface area contributed by atoms with Gasteiger partial charge in [0.1, 0.15) is 0 Å². The van der Waals surface area contributed by atoms with Crippen LogP contribution in [0.3, 0.4) is 0 Å². The average Bonchev–Trinajstić information content (AvgIpc) is 2.94. The summed E-state index contributed by atoms with van der Waals surface area (Å²) in [5.74, 6) is 0.643. The maximum absolute atomic E-state index is 12.9. The zero-order valence-electron chi connectivity index (χ0n) is 21.5. The molecule has 2 N–H and O–H groups in total. The van der Waals surface area contributed by atoms with E-state index >= 15 is 0 Å². The number of aliphatic hydroxyl groups excluding tert-OH is 1. The highest BCUT2D eigenvalue weighted by atomic mass is 32.2. The van der Waals surface area contributed by atoms with E-state index in [0.29, 0.717) is 34.1 Å². The van der Waals surface area contributed by atoms with Crippen LogP contribution in [0, 0.1) is 10.1 Å². The van der Waals surface area contributed by atoms with Gasteiger partial charge in [0.25, 0.3) is 5.69 Å². The lowest BCUT2D eigenvalue weighted by Gasteiger charge is -2.22. The summed E-state index contributed by atoms with van der Waals surface area (Å²) in [6.07, 6.45) is 1.55. The van der Waals surface area contributed by atoms with Crippen molar-refractivity contribution >= 4 is 21.6 Å². The molecule has 3 rings (SSSR count). The molecule has 0 saturated carbocycles. The van der Waals surface area contributed by atoms with Gasteiger partial charge in [-0.2, -0.15) is 0 Å². The van der Waals surface area contributed by atoms with Crippen LogP contribution in [0.25, 0.3) is 11.3 Å². The van der Waals surface area contributed by atoms with Gasteiger partial charge in [-0.1, -0.05) is 12.1 Å². The smallest absolute Gasteiger partial charge is 0.289 e. The molecule has 0 atom stereocenters. The van der Waals surface area contributed by atoms with Crippen molar-refractivity contribution < 1.29 is 37.5 Å². The molecule has 0 radical (unpaired) electrons. The van der Waals surface area contributed by atoms with E-state index in [4.69, 9.17) is 14.2 Å². The first-order chi connectivity index (χ1) is 18.6. The van der Waals surface area contributed by atoms with Crippen LogP contribution in [0.2, 0.25) is 0 Å². The fourth-order valence-corrected chi connectivity index (χ4v) is 4.92. The first-order valence-corrected chi connectivity index (χ1v) is 13.0. The fraction of sp³-hybridized carbons (Fsp3) is 0.280. The van der Waals surface area contributed by atoms with Gasteiger partial charge in [-0.05, 0) is 35.9 Å². The van der Waals surface area contributed by atoms with E-state index in [1.165, 1.54) is 38.4 Å². The number of sulfonamides is 1. The number of amides is 1. The van der Waals surface area contributed by atoms with Crippen LogP contribution in [0.1, 0.15) is 5.56 Å². The third-order valence-electron chi connectivity index (χ3n) is 5.65. The van der Waals surface area contributed by atoms with Gasteiger partial charge in [-0.3, -0.25) is 19.9 Å². The summed E-state index contributed by atoms with van der Waals surface area (Å²) in [6.45, 7) is -1.08. The predicted molar refractivity (Wildman–Crippen MR) is 140 cm³/mol. The Balaban J connectivity index is 1.81. The van der Waals surface area contributed by atoms with Crippen molar-refractivity contribution in [2.45, 2.75) is 11.4 Å². The standard InChI is InChI=1S/C25H28N4O9S/c1-36-21-13-18(14-22(37-2)25(21)38-3)19-12-17(8-9-26-19)16-28(10-11-30)24(31)15-27-39(34,35)23-7-5-4-6-20(23)29(32)33/h4-9,12-14,27,30H,10-11,15-16H2,1-3H3. The molecule has 0 unspecified atom stereocenters. The lowest BCUT2D eigenvalue weighted by atomic mass is 10.1. The molecule has 3 aromatic rings. The highest BCUT2D eigenvalue weighted by molar-refractivity contribution is 7.89. The highest BCUT2D eigenvalue weighted by Crippen LogP contribution is 2.40. The Bertz CT molecular complexity index is 1420. The molecule has 0 fully saturated rings. The van der Waals surface area contributed by atoms with Crippen molar-refractivity contribution in [1.29, 1.82) is 0 Å². The first-order valence-electron chi connectivity index (χ1n) is 11.5. The van der Waals surface area contributed by atoms with Gasteiger partial charge in [0.2, 0.25) is 21.7 Å². The largest absolute Gasteiger partial charge is 0.493 e. The molecule has 1 aromatic heterocycles. The van der Waals surface area contributed by atoms with Crippen LogP contribution in [-0.4, -0.2) is 75.3 Å². The van der Waals surface area contributed by atoms with Gasteiger partial charge in [-0.15, -0.1) is 0 Å². The number of benzene rings is 2. The van der Waals surface area contributed by atoms with Crippen LogP contribution >= 0.6 is 0 Å². The molecule has 13 nitrogen and oxygen atoms in total. The molecule has 0 aliphatic carbocycles. The Morgan fingerprint density at radius 1 is 1.08 bits per heavy atom. The summed E-state index contributed by atoms with van der Waals surface area (Å²) in [5.41, 5.74) is 1.24. The van der Waals surface area contributed by atoms with Crippen molar-refractivity contribution in [2.75, 3.05) is 41.0 Å². The number of nitro groups is 1.